The zero-order chi connectivity index (χ0) is 4.99. The van der Waals surface area contributed by atoms with Gasteiger partial charge in [0.2, 0.25) is 0 Å². The molecule has 0 aliphatic rings. The van der Waals surface area contributed by atoms with Crippen molar-refractivity contribution in [1.82, 2.24) is 0 Å². The van der Waals surface area contributed by atoms with E-state index in [9.17, 15) is 0 Å². The fraction of sp³-hybridized carbons (Fsp3) is 0.750. The minimum absolute atomic E-state index is 0.289. The summed E-state index contributed by atoms with van der Waals surface area (Å²) in [4.78, 5) is 0.289. The van der Waals surface area contributed by atoms with E-state index >= 15 is 0 Å². The van der Waals surface area contributed by atoms with Gasteiger partial charge in [0, 0.05) is 11.0 Å². The Morgan fingerprint density at radius 3 is 2.50 bits per heavy atom. The molecule has 36 valence electrons. The zero-order valence-corrected chi connectivity index (χ0v) is 5.33. The molecule has 0 aliphatic heterocycles. The molecule has 0 spiro atoms. The van der Waals surface area contributed by atoms with Crippen molar-refractivity contribution < 1.29 is 0 Å². The number of halogens is 1. The molecule has 0 radical (unpaired) electrons. The Kier molecular flexibility index (Phi) is 3.43. The van der Waals surface area contributed by atoms with Crippen molar-refractivity contribution in [2.75, 3.05) is 0 Å². The molecule has 0 aliphatic carbocycles. The third-order valence-corrected chi connectivity index (χ3v) is 1.48. The van der Waals surface area contributed by atoms with Crippen molar-refractivity contribution in [1.29, 1.82) is 5.41 Å². The van der Waals surface area contributed by atoms with Gasteiger partial charge in [0.1, 0.15) is 0 Å². The summed E-state index contributed by atoms with van der Waals surface area (Å²) in [5.41, 5.74) is 0. The normalized spacial score (nSPS) is 13.7. The van der Waals surface area contributed by atoms with E-state index in [1.165, 1.54) is 6.21 Å². The van der Waals surface area contributed by atoms with Crippen LogP contribution in [0.25, 0.3) is 0 Å². The van der Waals surface area contributed by atoms with Gasteiger partial charge in [-0.15, -0.1) is 0 Å². The Morgan fingerprint density at radius 2 is 2.50 bits per heavy atom. The Bertz CT molecular complexity index is 44.8. The second-order valence-electron chi connectivity index (χ2n) is 1.09. The number of hydrogen-bond donors (Lipinski definition) is 1. The first kappa shape index (κ1) is 6.15. The fourth-order valence-electron chi connectivity index (χ4n) is 0.118. The molecule has 0 aromatic rings. The Balaban J connectivity index is 2.96. The Labute approximate surface area is 46.4 Å². The minimum atomic E-state index is 0.289. The van der Waals surface area contributed by atoms with Gasteiger partial charge in [-0.05, 0) is 6.42 Å². The van der Waals surface area contributed by atoms with Crippen LogP contribution in [-0.4, -0.2) is 11.0 Å². The van der Waals surface area contributed by atoms with Gasteiger partial charge < -0.3 is 5.41 Å². The van der Waals surface area contributed by atoms with Crippen LogP contribution >= 0.6 is 15.9 Å². The highest BCUT2D eigenvalue weighted by Crippen LogP contribution is 1.97. The summed E-state index contributed by atoms with van der Waals surface area (Å²) in [5.74, 6) is 0. The van der Waals surface area contributed by atoms with Crippen LogP contribution in [0, 0.1) is 5.41 Å². The first-order valence-electron chi connectivity index (χ1n) is 1.96. The summed E-state index contributed by atoms with van der Waals surface area (Å²) in [6, 6.07) is 0. The van der Waals surface area contributed by atoms with Gasteiger partial charge in [-0.3, -0.25) is 0 Å². The molecule has 2 heteroatoms. The second-order valence-corrected chi connectivity index (χ2v) is 2.27. The quantitative estimate of drug-likeness (QED) is 0.458. The summed E-state index contributed by atoms with van der Waals surface area (Å²) in [6.07, 6.45) is 2.39. The molecule has 0 saturated carbocycles. The van der Waals surface area contributed by atoms with E-state index in [0.717, 1.165) is 6.42 Å². The van der Waals surface area contributed by atoms with Crippen LogP contribution in [0.5, 0.6) is 0 Å². The first-order valence-corrected chi connectivity index (χ1v) is 2.87. The maximum Gasteiger partial charge on any atom is 0.0489 e. The molecule has 0 bridgehead atoms. The van der Waals surface area contributed by atoms with E-state index in [-0.39, 0.29) is 4.83 Å². The van der Waals surface area contributed by atoms with E-state index in [0.29, 0.717) is 0 Å². The highest BCUT2D eigenvalue weighted by molar-refractivity contribution is 9.09. The van der Waals surface area contributed by atoms with Gasteiger partial charge in [0.25, 0.3) is 0 Å². The van der Waals surface area contributed by atoms with E-state index in [4.69, 9.17) is 5.41 Å². The van der Waals surface area contributed by atoms with Gasteiger partial charge in [-0.25, -0.2) is 0 Å². The van der Waals surface area contributed by atoms with Crippen molar-refractivity contribution >= 4 is 22.1 Å². The first-order chi connectivity index (χ1) is 2.81. The molecular formula is C4H8BrN. The van der Waals surface area contributed by atoms with Crippen LogP contribution in [0.3, 0.4) is 0 Å². The van der Waals surface area contributed by atoms with Crippen LogP contribution < -0.4 is 0 Å². The topological polar surface area (TPSA) is 23.9 Å². The highest BCUT2D eigenvalue weighted by Gasteiger charge is 1.88. The van der Waals surface area contributed by atoms with Crippen LogP contribution in [0.4, 0.5) is 0 Å². The molecule has 1 unspecified atom stereocenters. The van der Waals surface area contributed by atoms with E-state index in [1.807, 2.05) is 6.92 Å². The van der Waals surface area contributed by atoms with Gasteiger partial charge in [-0.2, -0.15) is 0 Å². The number of nitrogens with one attached hydrogen (secondary N) is 1. The Morgan fingerprint density at radius 1 is 2.00 bits per heavy atom. The zero-order valence-electron chi connectivity index (χ0n) is 3.74. The van der Waals surface area contributed by atoms with Crippen molar-refractivity contribution in [3.8, 4) is 0 Å². The van der Waals surface area contributed by atoms with Gasteiger partial charge in [0.15, 0.2) is 0 Å². The molecule has 0 aromatic carbocycles. The average molecular weight is 150 g/mol. The monoisotopic (exact) mass is 149 g/mol. The molecule has 0 aromatic heterocycles. The predicted octanol–water partition coefficient (Wildman–Crippen LogP) is 1.81. The summed E-state index contributed by atoms with van der Waals surface area (Å²) in [6.45, 7) is 2.03. The molecule has 0 fully saturated rings. The molecule has 1 N–H and O–H groups in total. The summed E-state index contributed by atoms with van der Waals surface area (Å²) in [5, 5.41) is 6.64. The molecule has 0 amide bonds. The SMILES string of the molecule is CCC(Br)C=N. The molecule has 1 atom stereocenters. The lowest BCUT2D eigenvalue weighted by Crippen LogP contribution is -1.92. The van der Waals surface area contributed by atoms with Crippen LogP contribution in [-0.2, 0) is 0 Å². The van der Waals surface area contributed by atoms with Crippen molar-refractivity contribution in [3.05, 3.63) is 0 Å². The summed E-state index contributed by atoms with van der Waals surface area (Å²) < 4.78 is 0. The predicted molar refractivity (Wildman–Crippen MR) is 31.8 cm³/mol. The van der Waals surface area contributed by atoms with Crippen molar-refractivity contribution in [3.63, 3.8) is 0 Å². The molecule has 0 heterocycles. The number of hydrogen-bond acceptors (Lipinski definition) is 1. The van der Waals surface area contributed by atoms with E-state index in [2.05, 4.69) is 15.9 Å². The fourth-order valence-corrected chi connectivity index (χ4v) is 0.118. The third-order valence-electron chi connectivity index (χ3n) is 0.571. The average Bonchev–Trinajstić information content (AvgIpc) is 1.65. The summed E-state index contributed by atoms with van der Waals surface area (Å²) >= 11 is 3.23. The molecule has 1 nitrogen and oxygen atoms in total. The second kappa shape index (κ2) is 3.34. The maximum atomic E-state index is 6.64. The van der Waals surface area contributed by atoms with Crippen LogP contribution in [0.2, 0.25) is 0 Å². The maximum absolute atomic E-state index is 6.64. The molecule has 0 saturated heterocycles. The smallest absolute Gasteiger partial charge is 0.0489 e. The largest absolute Gasteiger partial charge is 0.312 e. The molecular weight excluding hydrogens is 142 g/mol. The Hall–Kier alpha value is 0.150. The highest BCUT2D eigenvalue weighted by atomic mass is 79.9. The minimum Gasteiger partial charge on any atom is -0.312 e. The molecule has 0 rings (SSSR count). The van der Waals surface area contributed by atoms with E-state index in [1.54, 1.807) is 0 Å². The number of alkyl halides is 1. The summed E-state index contributed by atoms with van der Waals surface area (Å²) in [7, 11) is 0. The van der Waals surface area contributed by atoms with Crippen LogP contribution in [0.15, 0.2) is 0 Å². The lowest BCUT2D eigenvalue weighted by molar-refractivity contribution is 1.03. The van der Waals surface area contributed by atoms with Gasteiger partial charge >= 0.3 is 0 Å². The lowest BCUT2D eigenvalue weighted by Gasteiger charge is -1.89. The van der Waals surface area contributed by atoms with Crippen molar-refractivity contribution in [2.24, 2.45) is 0 Å². The van der Waals surface area contributed by atoms with Gasteiger partial charge in [-0.1, -0.05) is 22.9 Å². The standard InChI is InChI=1S/C4H8BrN/c1-2-4(5)3-6/h3-4,6H,2H2,1H3. The van der Waals surface area contributed by atoms with Crippen LogP contribution in [0.1, 0.15) is 13.3 Å². The van der Waals surface area contributed by atoms with Crippen molar-refractivity contribution in [2.45, 2.75) is 18.2 Å². The lowest BCUT2D eigenvalue weighted by atomic mass is 10.4. The van der Waals surface area contributed by atoms with Gasteiger partial charge in [0.05, 0.1) is 0 Å². The number of rotatable bonds is 2. The molecule has 6 heavy (non-hydrogen) atoms. The van der Waals surface area contributed by atoms with E-state index < -0.39 is 0 Å². The third kappa shape index (κ3) is 2.39.